The van der Waals surface area contributed by atoms with Crippen molar-refractivity contribution in [2.24, 2.45) is 0 Å². The van der Waals surface area contributed by atoms with Crippen LogP contribution in [0.3, 0.4) is 0 Å². The molecule has 1 aliphatic heterocycles. The third-order valence-corrected chi connectivity index (χ3v) is 6.24. The van der Waals surface area contributed by atoms with Gasteiger partial charge in [-0.3, -0.25) is 4.90 Å². The molecule has 0 unspecified atom stereocenters. The number of ether oxygens (including phenoxy) is 2. The van der Waals surface area contributed by atoms with Crippen LogP contribution in [-0.2, 0) is 13.1 Å². The second-order valence-corrected chi connectivity index (χ2v) is 8.96. The van der Waals surface area contributed by atoms with Gasteiger partial charge in [0.25, 0.3) is 0 Å². The molecule has 0 saturated carbocycles. The summed E-state index contributed by atoms with van der Waals surface area (Å²) in [5.41, 5.74) is -0.225. The van der Waals surface area contributed by atoms with Crippen LogP contribution in [0.1, 0.15) is 17.8 Å². The molecule has 1 aliphatic rings. The first kappa shape index (κ1) is 23.6. The Bertz CT molecular complexity index is 1020. The van der Waals surface area contributed by atoms with Crippen molar-refractivity contribution in [1.29, 1.82) is 0 Å². The number of β-amino-alcohol motifs (C(OH)–C–C–N with tert-alkyl or cyclic N) is 1. The Kier molecular flexibility index (Phi) is 7.55. The average Bonchev–Trinajstić information content (AvgIpc) is 3.22. The minimum absolute atomic E-state index is 0.00939. The Balaban J connectivity index is 1.28. The van der Waals surface area contributed by atoms with Crippen LogP contribution in [0.15, 0.2) is 60.9 Å². The third-order valence-electron chi connectivity index (χ3n) is 5.99. The lowest BCUT2D eigenvalue weighted by molar-refractivity contribution is -0.140. The molecule has 0 radical (unpaired) electrons. The monoisotopic (exact) mass is 471 g/mol. The average molecular weight is 472 g/mol. The summed E-state index contributed by atoms with van der Waals surface area (Å²) in [6, 6.07) is 15.0. The Hall–Kier alpha value is -2.58. The molecule has 0 amide bonds. The Labute approximate surface area is 199 Å². The first-order chi connectivity index (χ1) is 15.9. The van der Waals surface area contributed by atoms with Crippen LogP contribution >= 0.6 is 11.6 Å². The fourth-order valence-electron chi connectivity index (χ4n) is 4.01. The maximum absolute atomic E-state index is 11.1. The molecule has 176 valence electrons. The van der Waals surface area contributed by atoms with Gasteiger partial charge in [0.1, 0.15) is 36.1 Å². The number of likely N-dealkylation sites (tertiary alicyclic amines) is 1. The van der Waals surface area contributed by atoms with Crippen molar-refractivity contribution in [3.63, 3.8) is 0 Å². The molecule has 1 aromatic heterocycles. The molecule has 4 rings (SSSR count). The molecule has 0 aliphatic carbocycles. The summed E-state index contributed by atoms with van der Waals surface area (Å²) in [4.78, 5) is 6.35. The second kappa shape index (κ2) is 10.6. The molecule has 7 nitrogen and oxygen atoms in total. The lowest BCUT2D eigenvalue weighted by atomic mass is 9.90. The number of rotatable bonds is 9. The number of imidazole rings is 1. The van der Waals surface area contributed by atoms with E-state index in [9.17, 15) is 10.2 Å². The minimum atomic E-state index is -1.34. The number of hydrogen-bond donors (Lipinski definition) is 2. The van der Waals surface area contributed by atoms with Crippen LogP contribution in [0.5, 0.6) is 11.5 Å². The van der Waals surface area contributed by atoms with Crippen molar-refractivity contribution in [3.8, 4) is 11.5 Å². The van der Waals surface area contributed by atoms with Crippen molar-refractivity contribution in [1.82, 2.24) is 14.5 Å². The van der Waals surface area contributed by atoms with Crippen LogP contribution in [0.25, 0.3) is 0 Å². The molecule has 2 N–H and O–H groups in total. The van der Waals surface area contributed by atoms with Crippen molar-refractivity contribution in [2.45, 2.75) is 38.1 Å². The number of nitrogens with zero attached hydrogens (tertiary/aromatic N) is 3. The van der Waals surface area contributed by atoms with E-state index in [1.54, 1.807) is 30.5 Å². The van der Waals surface area contributed by atoms with Gasteiger partial charge in [-0.15, -0.1) is 0 Å². The van der Waals surface area contributed by atoms with Crippen LogP contribution < -0.4 is 9.47 Å². The van der Waals surface area contributed by atoms with E-state index in [1.807, 2.05) is 37.4 Å². The highest BCUT2D eigenvalue weighted by Crippen LogP contribution is 2.26. The first-order valence-corrected chi connectivity index (χ1v) is 11.5. The zero-order chi connectivity index (χ0) is 23.3. The fourth-order valence-corrected chi connectivity index (χ4v) is 4.14. The van der Waals surface area contributed by atoms with Crippen molar-refractivity contribution in [2.75, 3.05) is 26.3 Å². The van der Waals surface area contributed by atoms with E-state index in [1.165, 1.54) is 0 Å². The molecule has 2 aromatic carbocycles. The minimum Gasteiger partial charge on any atom is -0.492 e. The van der Waals surface area contributed by atoms with E-state index in [0.717, 1.165) is 23.7 Å². The number of aliphatic hydroxyl groups excluding tert-OH is 1. The molecule has 3 aromatic rings. The fraction of sp³-hybridized carbons (Fsp3) is 0.400. The quantitative estimate of drug-likeness (QED) is 0.498. The van der Waals surface area contributed by atoms with Gasteiger partial charge in [0.2, 0.25) is 0 Å². The van der Waals surface area contributed by atoms with E-state index in [0.29, 0.717) is 43.4 Å². The van der Waals surface area contributed by atoms with Crippen LogP contribution in [-0.4, -0.2) is 62.7 Å². The summed E-state index contributed by atoms with van der Waals surface area (Å²) in [5, 5.41) is 22.1. The molecular weight excluding hydrogens is 442 g/mol. The van der Waals surface area contributed by atoms with E-state index in [4.69, 9.17) is 21.1 Å². The van der Waals surface area contributed by atoms with E-state index in [2.05, 4.69) is 14.5 Å². The zero-order valence-corrected chi connectivity index (χ0v) is 19.5. The van der Waals surface area contributed by atoms with Gasteiger partial charge in [-0.2, -0.15) is 0 Å². The summed E-state index contributed by atoms with van der Waals surface area (Å²) in [7, 11) is 0. The molecule has 2 heterocycles. The van der Waals surface area contributed by atoms with Crippen molar-refractivity contribution in [3.05, 3.63) is 77.3 Å². The smallest absolute Gasteiger partial charge is 0.137 e. The zero-order valence-electron chi connectivity index (χ0n) is 18.7. The summed E-state index contributed by atoms with van der Waals surface area (Å²) in [6.07, 6.45) is 3.37. The first-order valence-electron chi connectivity index (χ1n) is 11.1. The largest absolute Gasteiger partial charge is 0.492 e. The van der Waals surface area contributed by atoms with Gasteiger partial charge in [0.05, 0.1) is 12.6 Å². The summed E-state index contributed by atoms with van der Waals surface area (Å²) in [5.74, 6) is 2.40. The molecule has 8 heteroatoms. The predicted octanol–water partition coefficient (Wildman–Crippen LogP) is 3.30. The molecular formula is C25H30ClN3O4. The van der Waals surface area contributed by atoms with E-state index < -0.39 is 11.7 Å². The number of aliphatic hydroxyl groups is 2. The van der Waals surface area contributed by atoms with Gasteiger partial charge >= 0.3 is 0 Å². The highest BCUT2D eigenvalue weighted by molar-refractivity contribution is 6.30. The topological polar surface area (TPSA) is 80.0 Å². The predicted molar refractivity (Wildman–Crippen MR) is 127 cm³/mol. The molecule has 1 saturated heterocycles. The maximum Gasteiger partial charge on any atom is 0.137 e. The molecule has 0 bridgehead atoms. The van der Waals surface area contributed by atoms with E-state index in [-0.39, 0.29) is 6.61 Å². The molecule has 33 heavy (non-hydrogen) atoms. The van der Waals surface area contributed by atoms with Crippen LogP contribution in [0.2, 0.25) is 5.02 Å². The third kappa shape index (κ3) is 6.26. The van der Waals surface area contributed by atoms with Crippen molar-refractivity contribution < 1.29 is 19.7 Å². The van der Waals surface area contributed by atoms with Crippen LogP contribution in [0, 0.1) is 6.92 Å². The number of piperidine rings is 1. The molecule has 1 fully saturated rings. The van der Waals surface area contributed by atoms with E-state index >= 15 is 0 Å². The highest BCUT2D eigenvalue weighted by atomic mass is 35.5. The van der Waals surface area contributed by atoms with Gasteiger partial charge in [-0.25, -0.2) is 4.98 Å². The maximum atomic E-state index is 11.1. The van der Waals surface area contributed by atoms with Gasteiger partial charge in [-0.1, -0.05) is 23.7 Å². The standard InChI is InChI=1S/C25H30ClN3O4/c1-19-27-11-13-29(19)14-15-32-22-6-2-20(3-7-22)16-28-12-10-24(30)25(31,17-28)18-33-23-8-4-21(26)5-9-23/h2-9,11,13,24,30-31H,10,12,14-18H2,1H3/t24-,25-/m0/s1. The summed E-state index contributed by atoms with van der Waals surface area (Å²) >= 11 is 5.91. The van der Waals surface area contributed by atoms with Gasteiger partial charge in [0, 0.05) is 37.1 Å². The normalized spacial score (nSPS) is 21.2. The second-order valence-electron chi connectivity index (χ2n) is 8.52. The lowest BCUT2D eigenvalue weighted by Crippen LogP contribution is -2.59. The van der Waals surface area contributed by atoms with Crippen LogP contribution in [0.4, 0.5) is 0 Å². The summed E-state index contributed by atoms with van der Waals surface area (Å²) in [6.45, 7) is 5.00. The summed E-state index contributed by atoms with van der Waals surface area (Å²) < 4.78 is 13.6. The Morgan fingerprint density at radius 2 is 1.79 bits per heavy atom. The molecule has 2 atom stereocenters. The SMILES string of the molecule is Cc1nccn1CCOc1ccc(CN2CC[C@H](O)[C@@](O)(COc3ccc(Cl)cc3)C2)cc1. The number of halogens is 1. The Morgan fingerprint density at radius 3 is 2.48 bits per heavy atom. The number of benzene rings is 2. The van der Waals surface area contributed by atoms with Gasteiger partial charge in [0.15, 0.2) is 0 Å². The van der Waals surface area contributed by atoms with Gasteiger partial charge < -0.3 is 24.3 Å². The molecule has 0 spiro atoms. The van der Waals surface area contributed by atoms with Gasteiger partial charge in [-0.05, 0) is 55.3 Å². The highest BCUT2D eigenvalue weighted by Gasteiger charge is 2.42. The number of aromatic nitrogens is 2. The Morgan fingerprint density at radius 1 is 1.09 bits per heavy atom. The number of hydrogen-bond acceptors (Lipinski definition) is 6. The van der Waals surface area contributed by atoms with Crippen molar-refractivity contribution >= 4 is 11.6 Å². The lowest BCUT2D eigenvalue weighted by Gasteiger charge is -2.42. The number of aryl methyl sites for hydroxylation is 1.